The third kappa shape index (κ3) is 3.14. The molecule has 3 heterocycles. The topological polar surface area (TPSA) is 85.8 Å². The van der Waals surface area contributed by atoms with Crippen LogP contribution in [0.3, 0.4) is 0 Å². The van der Waals surface area contributed by atoms with Crippen LogP contribution in [0.2, 0.25) is 0 Å². The number of hydrogen-bond acceptors (Lipinski definition) is 5. The molecule has 112 valence electrons. The highest BCUT2D eigenvalue weighted by molar-refractivity contribution is 7.09. The van der Waals surface area contributed by atoms with Crippen LogP contribution in [0.25, 0.3) is 0 Å². The minimum Gasteiger partial charge on any atom is -0.365 e. The lowest BCUT2D eigenvalue weighted by molar-refractivity contribution is 0.0998. The number of primary amides is 1. The molecule has 7 heteroatoms. The van der Waals surface area contributed by atoms with Gasteiger partial charge in [0, 0.05) is 18.5 Å². The first-order valence-electron chi connectivity index (χ1n) is 7.09. The number of amides is 1. The Hall–Kier alpha value is -1.73. The lowest BCUT2D eigenvalue weighted by Crippen LogP contribution is -2.30. The standard InChI is InChI=1S/C14H19N5OS/c1-9-18-11(8-21-9)6-16-5-10-2-3-19-13(4-10)12(7-17-19)14(15)20/h7-8,10,16H,2-6H2,1H3,(H2,15,20)/t10-/m0/s1. The first kappa shape index (κ1) is 14.2. The second-order valence-corrected chi connectivity index (χ2v) is 6.50. The molecule has 0 saturated heterocycles. The molecule has 0 radical (unpaired) electrons. The number of nitrogens with zero attached hydrogens (tertiary/aromatic N) is 3. The SMILES string of the molecule is Cc1nc(CNC[C@H]2CCn3ncc(C(N)=O)c3C2)cs1. The number of rotatable bonds is 5. The number of carbonyl (C=O) groups excluding carboxylic acids is 1. The van der Waals surface area contributed by atoms with Gasteiger partial charge in [-0.3, -0.25) is 9.48 Å². The van der Waals surface area contributed by atoms with Crippen molar-refractivity contribution in [1.29, 1.82) is 0 Å². The van der Waals surface area contributed by atoms with Gasteiger partial charge in [-0.15, -0.1) is 11.3 Å². The highest BCUT2D eigenvalue weighted by Gasteiger charge is 2.23. The number of aromatic nitrogens is 3. The molecule has 3 rings (SSSR count). The Balaban J connectivity index is 1.56. The highest BCUT2D eigenvalue weighted by Crippen LogP contribution is 2.22. The monoisotopic (exact) mass is 305 g/mol. The van der Waals surface area contributed by atoms with Gasteiger partial charge >= 0.3 is 0 Å². The van der Waals surface area contributed by atoms with Crippen LogP contribution in [0.15, 0.2) is 11.6 Å². The number of fused-ring (bicyclic) bond motifs is 1. The summed E-state index contributed by atoms with van der Waals surface area (Å²) in [4.78, 5) is 15.8. The lowest BCUT2D eigenvalue weighted by atomic mass is 9.94. The van der Waals surface area contributed by atoms with Crippen molar-refractivity contribution in [3.05, 3.63) is 33.5 Å². The van der Waals surface area contributed by atoms with Gasteiger partial charge in [0.2, 0.25) is 0 Å². The maximum absolute atomic E-state index is 11.4. The number of nitrogens with one attached hydrogen (secondary N) is 1. The lowest BCUT2D eigenvalue weighted by Gasteiger charge is -2.24. The molecule has 6 nitrogen and oxygen atoms in total. The van der Waals surface area contributed by atoms with Crippen LogP contribution in [0.4, 0.5) is 0 Å². The Bertz CT molecular complexity index is 648. The number of carbonyl (C=O) groups is 1. The van der Waals surface area contributed by atoms with Gasteiger partial charge in [0.25, 0.3) is 5.91 Å². The first-order chi connectivity index (χ1) is 10.1. The summed E-state index contributed by atoms with van der Waals surface area (Å²) in [5.74, 6) is 0.120. The van der Waals surface area contributed by atoms with E-state index in [-0.39, 0.29) is 5.91 Å². The van der Waals surface area contributed by atoms with Crippen LogP contribution < -0.4 is 11.1 Å². The van der Waals surface area contributed by atoms with E-state index in [0.29, 0.717) is 11.5 Å². The van der Waals surface area contributed by atoms with Gasteiger partial charge in [0.05, 0.1) is 28.2 Å². The molecule has 0 fully saturated rings. The van der Waals surface area contributed by atoms with Crippen molar-refractivity contribution < 1.29 is 4.79 Å². The van der Waals surface area contributed by atoms with Crippen molar-refractivity contribution in [2.45, 2.75) is 32.9 Å². The second kappa shape index (κ2) is 5.95. The number of thiazole rings is 1. The third-order valence-corrected chi connectivity index (χ3v) is 4.67. The molecule has 0 unspecified atom stereocenters. The Morgan fingerprint density at radius 1 is 1.62 bits per heavy atom. The molecule has 0 spiro atoms. The first-order valence-corrected chi connectivity index (χ1v) is 7.97. The summed E-state index contributed by atoms with van der Waals surface area (Å²) in [5, 5.41) is 10.9. The Kier molecular flexibility index (Phi) is 4.03. The molecule has 0 aliphatic carbocycles. The molecule has 1 atom stereocenters. The zero-order chi connectivity index (χ0) is 14.8. The fourth-order valence-corrected chi connectivity index (χ4v) is 3.39. The van der Waals surface area contributed by atoms with Crippen molar-refractivity contribution in [3.8, 4) is 0 Å². The fraction of sp³-hybridized carbons (Fsp3) is 0.500. The Morgan fingerprint density at radius 3 is 3.19 bits per heavy atom. The van der Waals surface area contributed by atoms with Crippen molar-refractivity contribution in [2.75, 3.05) is 6.54 Å². The van der Waals surface area contributed by atoms with E-state index in [4.69, 9.17) is 5.73 Å². The molecule has 0 aromatic carbocycles. The minimum atomic E-state index is -0.386. The van der Waals surface area contributed by atoms with E-state index in [2.05, 4.69) is 20.8 Å². The van der Waals surface area contributed by atoms with Crippen molar-refractivity contribution in [2.24, 2.45) is 11.7 Å². The smallest absolute Gasteiger partial charge is 0.252 e. The Labute approximate surface area is 127 Å². The molecule has 2 aromatic heterocycles. The average molecular weight is 305 g/mol. The molecule has 1 amide bonds. The average Bonchev–Trinajstić information content (AvgIpc) is 3.04. The zero-order valence-corrected chi connectivity index (χ0v) is 12.8. The molecular weight excluding hydrogens is 286 g/mol. The van der Waals surface area contributed by atoms with E-state index in [1.54, 1.807) is 17.5 Å². The maximum Gasteiger partial charge on any atom is 0.252 e. The van der Waals surface area contributed by atoms with Crippen LogP contribution >= 0.6 is 11.3 Å². The summed E-state index contributed by atoms with van der Waals surface area (Å²) in [6, 6.07) is 0. The normalized spacial score (nSPS) is 17.7. The molecule has 0 saturated carbocycles. The van der Waals surface area contributed by atoms with Crippen LogP contribution in [-0.4, -0.2) is 27.2 Å². The molecule has 2 aromatic rings. The minimum absolute atomic E-state index is 0.386. The second-order valence-electron chi connectivity index (χ2n) is 5.44. The summed E-state index contributed by atoms with van der Waals surface area (Å²) in [6.07, 6.45) is 3.50. The predicted molar refractivity (Wildman–Crippen MR) is 81.1 cm³/mol. The van der Waals surface area contributed by atoms with Gasteiger partial charge < -0.3 is 11.1 Å². The van der Waals surface area contributed by atoms with Crippen molar-refractivity contribution in [1.82, 2.24) is 20.1 Å². The van der Waals surface area contributed by atoms with E-state index in [1.807, 2.05) is 11.6 Å². The molecule has 1 aliphatic heterocycles. The van der Waals surface area contributed by atoms with E-state index in [9.17, 15) is 4.79 Å². The molecular formula is C14H19N5OS. The van der Waals surface area contributed by atoms with E-state index in [1.165, 1.54) is 0 Å². The third-order valence-electron chi connectivity index (χ3n) is 3.85. The summed E-state index contributed by atoms with van der Waals surface area (Å²) in [5.41, 5.74) is 8.03. The summed E-state index contributed by atoms with van der Waals surface area (Å²) in [6.45, 7) is 4.58. The molecule has 21 heavy (non-hydrogen) atoms. The van der Waals surface area contributed by atoms with Crippen LogP contribution in [-0.2, 0) is 19.5 Å². The Morgan fingerprint density at radius 2 is 2.48 bits per heavy atom. The van der Waals surface area contributed by atoms with E-state index >= 15 is 0 Å². The van der Waals surface area contributed by atoms with E-state index in [0.717, 1.165) is 48.9 Å². The van der Waals surface area contributed by atoms with Crippen LogP contribution in [0.5, 0.6) is 0 Å². The fourth-order valence-electron chi connectivity index (χ4n) is 2.77. The van der Waals surface area contributed by atoms with Gasteiger partial charge in [0.15, 0.2) is 0 Å². The highest BCUT2D eigenvalue weighted by atomic mass is 32.1. The summed E-state index contributed by atoms with van der Waals surface area (Å²) in [7, 11) is 0. The predicted octanol–water partition coefficient (Wildman–Crippen LogP) is 1.10. The van der Waals surface area contributed by atoms with Crippen molar-refractivity contribution in [3.63, 3.8) is 0 Å². The van der Waals surface area contributed by atoms with Gasteiger partial charge in [-0.2, -0.15) is 5.10 Å². The number of nitrogens with two attached hydrogens (primary N) is 1. The molecule has 3 N–H and O–H groups in total. The quantitative estimate of drug-likeness (QED) is 0.866. The van der Waals surface area contributed by atoms with Gasteiger partial charge in [-0.1, -0.05) is 0 Å². The van der Waals surface area contributed by atoms with Crippen LogP contribution in [0, 0.1) is 12.8 Å². The number of hydrogen-bond donors (Lipinski definition) is 2. The zero-order valence-electron chi connectivity index (χ0n) is 12.0. The van der Waals surface area contributed by atoms with Gasteiger partial charge in [0.1, 0.15) is 0 Å². The largest absolute Gasteiger partial charge is 0.365 e. The maximum atomic E-state index is 11.4. The van der Waals surface area contributed by atoms with Gasteiger partial charge in [-0.25, -0.2) is 4.98 Å². The van der Waals surface area contributed by atoms with E-state index < -0.39 is 0 Å². The van der Waals surface area contributed by atoms with Crippen LogP contribution in [0.1, 0.15) is 33.2 Å². The van der Waals surface area contributed by atoms with Gasteiger partial charge in [-0.05, 0) is 32.2 Å². The molecule has 1 aliphatic rings. The number of aryl methyl sites for hydroxylation is 2. The molecule has 0 bridgehead atoms. The summed E-state index contributed by atoms with van der Waals surface area (Å²) < 4.78 is 1.90. The van der Waals surface area contributed by atoms with Crippen molar-refractivity contribution >= 4 is 17.2 Å². The summed E-state index contributed by atoms with van der Waals surface area (Å²) >= 11 is 1.67.